The first-order valence-electron chi connectivity index (χ1n) is 10.0. The molecule has 1 fully saturated rings. The van der Waals surface area contributed by atoms with Crippen LogP contribution >= 0.6 is 0 Å². The van der Waals surface area contributed by atoms with Crippen molar-refractivity contribution >= 4 is 5.91 Å². The van der Waals surface area contributed by atoms with Crippen LogP contribution < -0.4 is 4.74 Å². The van der Waals surface area contributed by atoms with Gasteiger partial charge in [0.15, 0.2) is 5.82 Å². The van der Waals surface area contributed by atoms with Gasteiger partial charge in [-0.05, 0) is 56.5 Å². The van der Waals surface area contributed by atoms with E-state index in [1.807, 2.05) is 6.92 Å². The van der Waals surface area contributed by atoms with Crippen molar-refractivity contribution in [1.29, 1.82) is 0 Å². The van der Waals surface area contributed by atoms with E-state index in [0.29, 0.717) is 42.7 Å². The Kier molecular flexibility index (Phi) is 5.78. The first kappa shape index (κ1) is 20.1. The summed E-state index contributed by atoms with van der Waals surface area (Å²) in [4.78, 5) is 19.4. The van der Waals surface area contributed by atoms with E-state index in [1.54, 1.807) is 34.8 Å². The number of rotatable bonds is 6. The molecule has 0 N–H and O–H groups in total. The monoisotopic (exact) mass is 413 g/mol. The van der Waals surface area contributed by atoms with Crippen LogP contribution in [0.25, 0.3) is 0 Å². The number of halogens is 1. The number of aryl methyl sites for hydroxylation is 2. The van der Waals surface area contributed by atoms with Crippen molar-refractivity contribution in [1.82, 2.24) is 24.8 Å². The number of piperidine rings is 1. The zero-order valence-electron chi connectivity index (χ0n) is 17.0. The molecule has 1 aliphatic rings. The second-order valence-corrected chi connectivity index (χ2v) is 7.41. The van der Waals surface area contributed by atoms with Crippen LogP contribution in [0.4, 0.5) is 4.39 Å². The van der Waals surface area contributed by atoms with Crippen LogP contribution in [0.1, 0.15) is 53.2 Å². The molecule has 158 valence electrons. The summed E-state index contributed by atoms with van der Waals surface area (Å²) in [6.45, 7) is 2.84. The Bertz CT molecular complexity index is 1010. The summed E-state index contributed by atoms with van der Waals surface area (Å²) < 4.78 is 25.6. The SMILES string of the molecule is Cc1cc(C(=O)N2CCCCC2c2nc(CCOc3ccc(F)cc3)no2)n(C)n1. The van der Waals surface area contributed by atoms with Gasteiger partial charge in [-0.1, -0.05) is 5.16 Å². The lowest BCUT2D eigenvalue weighted by atomic mass is 10.0. The highest BCUT2D eigenvalue weighted by Crippen LogP contribution is 2.31. The molecule has 1 aliphatic heterocycles. The highest BCUT2D eigenvalue weighted by atomic mass is 19.1. The van der Waals surface area contributed by atoms with Crippen LogP contribution in [-0.4, -0.2) is 43.9 Å². The molecule has 0 aliphatic carbocycles. The fourth-order valence-electron chi connectivity index (χ4n) is 3.68. The maximum atomic E-state index is 13.1. The summed E-state index contributed by atoms with van der Waals surface area (Å²) in [6.07, 6.45) is 3.15. The van der Waals surface area contributed by atoms with Crippen LogP contribution in [0, 0.1) is 12.7 Å². The molecule has 3 heterocycles. The van der Waals surface area contributed by atoms with Gasteiger partial charge >= 0.3 is 0 Å². The molecule has 30 heavy (non-hydrogen) atoms. The molecule has 1 unspecified atom stereocenters. The highest BCUT2D eigenvalue weighted by Gasteiger charge is 2.33. The molecule has 3 aromatic rings. The lowest BCUT2D eigenvalue weighted by Gasteiger charge is -2.33. The van der Waals surface area contributed by atoms with E-state index < -0.39 is 0 Å². The number of likely N-dealkylation sites (tertiary alicyclic amines) is 1. The third-order valence-corrected chi connectivity index (χ3v) is 5.16. The molecule has 0 saturated carbocycles. The van der Waals surface area contributed by atoms with Gasteiger partial charge in [0.25, 0.3) is 5.91 Å². The summed E-state index contributed by atoms with van der Waals surface area (Å²) in [6, 6.07) is 7.38. The van der Waals surface area contributed by atoms with Gasteiger partial charge < -0.3 is 14.2 Å². The molecule has 0 radical (unpaired) electrons. The van der Waals surface area contributed by atoms with E-state index in [2.05, 4.69) is 15.2 Å². The summed E-state index contributed by atoms with van der Waals surface area (Å²) in [5.74, 6) is 1.15. The standard InChI is InChI=1S/C21H24FN5O3/c1-14-13-18(26(2)24-14)21(28)27-11-4-3-5-17(27)20-23-19(25-30-20)10-12-29-16-8-6-15(22)7-9-16/h6-9,13,17H,3-5,10-12H2,1-2H3. The number of ether oxygens (including phenoxy) is 1. The van der Waals surface area contributed by atoms with Gasteiger partial charge in [0.2, 0.25) is 5.89 Å². The number of carbonyl (C=O) groups is 1. The minimum Gasteiger partial charge on any atom is -0.493 e. The Morgan fingerprint density at radius 2 is 2.10 bits per heavy atom. The van der Waals surface area contributed by atoms with Gasteiger partial charge in [-0.3, -0.25) is 9.48 Å². The summed E-state index contributed by atoms with van der Waals surface area (Å²) in [5.41, 5.74) is 1.35. The predicted molar refractivity (Wildman–Crippen MR) is 105 cm³/mol. The van der Waals surface area contributed by atoms with E-state index in [1.165, 1.54) is 12.1 Å². The predicted octanol–water partition coefficient (Wildman–Crippen LogP) is 3.24. The van der Waals surface area contributed by atoms with Crippen molar-refractivity contribution in [2.45, 2.75) is 38.6 Å². The van der Waals surface area contributed by atoms with E-state index in [-0.39, 0.29) is 17.8 Å². The second-order valence-electron chi connectivity index (χ2n) is 7.41. The molecule has 1 atom stereocenters. The summed E-state index contributed by atoms with van der Waals surface area (Å²) in [7, 11) is 1.77. The van der Waals surface area contributed by atoms with Crippen LogP contribution in [0.15, 0.2) is 34.9 Å². The van der Waals surface area contributed by atoms with Gasteiger partial charge in [0.1, 0.15) is 23.3 Å². The average Bonchev–Trinajstić information content (AvgIpc) is 3.35. The summed E-state index contributed by atoms with van der Waals surface area (Å²) >= 11 is 0. The number of carbonyl (C=O) groups excluding carboxylic acids is 1. The number of aromatic nitrogens is 4. The van der Waals surface area contributed by atoms with Gasteiger partial charge in [0, 0.05) is 20.0 Å². The second kappa shape index (κ2) is 8.64. The highest BCUT2D eigenvalue weighted by molar-refractivity contribution is 5.93. The Morgan fingerprint density at radius 1 is 1.30 bits per heavy atom. The topological polar surface area (TPSA) is 86.3 Å². The minimum atomic E-state index is -0.307. The van der Waals surface area contributed by atoms with Crippen LogP contribution in [0.2, 0.25) is 0 Å². The number of benzene rings is 1. The first-order chi connectivity index (χ1) is 14.5. The van der Waals surface area contributed by atoms with Gasteiger partial charge in [0.05, 0.1) is 12.3 Å². The largest absolute Gasteiger partial charge is 0.493 e. The van der Waals surface area contributed by atoms with Crippen LogP contribution in [0.5, 0.6) is 5.75 Å². The third-order valence-electron chi connectivity index (χ3n) is 5.16. The zero-order chi connectivity index (χ0) is 21.1. The number of hydrogen-bond donors (Lipinski definition) is 0. The van der Waals surface area contributed by atoms with Crippen molar-refractivity contribution in [2.75, 3.05) is 13.2 Å². The fourth-order valence-corrected chi connectivity index (χ4v) is 3.68. The third kappa shape index (κ3) is 4.34. The van der Waals surface area contributed by atoms with Gasteiger partial charge in [-0.2, -0.15) is 10.1 Å². The van der Waals surface area contributed by atoms with Crippen LogP contribution in [-0.2, 0) is 13.5 Å². The van der Waals surface area contributed by atoms with E-state index in [0.717, 1.165) is 25.0 Å². The molecule has 9 heteroatoms. The van der Waals surface area contributed by atoms with Crippen molar-refractivity contribution in [3.63, 3.8) is 0 Å². The Morgan fingerprint density at radius 3 is 2.83 bits per heavy atom. The zero-order valence-corrected chi connectivity index (χ0v) is 17.0. The number of hydrogen-bond acceptors (Lipinski definition) is 6. The molecule has 0 spiro atoms. The molecule has 4 rings (SSSR count). The molecular weight excluding hydrogens is 389 g/mol. The van der Waals surface area contributed by atoms with Gasteiger partial charge in [-0.15, -0.1) is 0 Å². The van der Waals surface area contributed by atoms with Crippen molar-refractivity contribution in [3.05, 3.63) is 59.3 Å². The quantitative estimate of drug-likeness (QED) is 0.617. The van der Waals surface area contributed by atoms with E-state index in [9.17, 15) is 9.18 Å². The number of nitrogens with zero attached hydrogens (tertiary/aromatic N) is 5. The molecule has 1 aromatic carbocycles. The fraction of sp³-hybridized carbons (Fsp3) is 0.429. The molecule has 1 amide bonds. The maximum Gasteiger partial charge on any atom is 0.272 e. The maximum absolute atomic E-state index is 13.1. The average molecular weight is 413 g/mol. The van der Waals surface area contributed by atoms with Crippen LogP contribution in [0.3, 0.4) is 0 Å². The smallest absolute Gasteiger partial charge is 0.272 e. The first-order valence-corrected chi connectivity index (χ1v) is 10.0. The van der Waals surface area contributed by atoms with E-state index in [4.69, 9.17) is 9.26 Å². The lowest BCUT2D eigenvalue weighted by molar-refractivity contribution is 0.0550. The Hall–Kier alpha value is -3.23. The molecule has 0 bridgehead atoms. The van der Waals surface area contributed by atoms with Crippen molar-refractivity contribution in [3.8, 4) is 5.75 Å². The Labute approximate surface area is 173 Å². The normalized spacial score (nSPS) is 16.6. The molecule has 1 saturated heterocycles. The molecule has 2 aromatic heterocycles. The molecule has 8 nitrogen and oxygen atoms in total. The van der Waals surface area contributed by atoms with E-state index >= 15 is 0 Å². The molecular formula is C21H24FN5O3. The van der Waals surface area contributed by atoms with Gasteiger partial charge in [-0.25, -0.2) is 4.39 Å². The summed E-state index contributed by atoms with van der Waals surface area (Å²) in [5, 5.41) is 8.32. The van der Waals surface area contributed by atoms with Crippen molar-refractivity contribution in [2.24, 2.45) is 7.05 Å². The Balaban J connectivity index is 1.42. The minimum absolute atomic E-state index is 0.0813. The number of amides is 1. The lowest BCUT2D eigenvalue weighted by Crippen LogP contribution is -2.39. The van der Waals surface area contributed by atoms with Crippen molar-refractivity contribution < 1.29 is 18.4 Å².